The lowest BCUT2D eigenvalue weighted by Gasteiger charge is -2.39. The highest BCUT2D eigenvalue weighted by Gasteiger charge is 2.41. The van der Waals surface area contributed by atoms with Crippen molar-refractivity contribution in [3.05, 3.63) is 29.8 Å². The van der Waals surface area contributed by atoms with Crippen LogP contribution in [-0.2, 0) is 25.8 Å². The predicted molar refractivity (Wildman–Crippen MR) is 89.4 cm³/mol. The maximum atomic E-state index is 12.5. The van der Waals surface area contributed by atoms with E-state index in [9.17, 15) is 23.1 Å². The second-order valence-corrected chi connectivity index (χ2v) is 8.47. The first-order valence-corrected chi connectivity index (χ1v) is 9.87. The third kappa shape index (κ3) is 3.95. The molecule has 0 bridgehead atoms. The van der Waals surface area contributed by atoms with Crippen molar-refractivity contribution in [1.82, 2.24) is 4.90 Å². The summed E-state index contributed by atoms with van der Waals surface area (Å²) in [6.45, 7) is 2.64. The number of benzene rings is 1. The molecule has 1 unspecified atom stereocenters. The number of amides is 1. The maximum absolute atomic E-state index is 12.5. The average Bonchev–Trinajstić information content (AvgIpc) is 2.54. The van der Waals surface area contributed by atoms with Gasteiger partial charge in [-0.05, 0) is 37.0 Å². The van der Waals surface area contributed by atoms with Gasteiger partial charge in [0.25, 0.3) is 0 Å². The first kappa shape index (κ1) is 18.4. The Balaban J connectivity index is 2.08. The Morgan fingerprint density at radius 1 is 1.25 bits per heavy atom. The molecule has 0 radical (unpaired) electrons. The predicted octanol–water partition coefficient (Wildman–Crippen LogP) is 1.74. The molecule has 2 rings (SSSR count). The van der Waals surface area contributed by atoms with Crippen LogP contribution in [0.2, 0.25) is 0 Å². The van der Waals surface area contributed by atoms with Gasteiger partial charge in [-0.3, -0.25) is 9.59 Å². The van der Waals surface area contributed by atoms with E-state index >= 15 is 0 Å². The smallest absolute Gasteiger partial charge is 0.311 e. The highest BCUT2D eigenvalue weighted by atomic mass is 32.2. The van der Waals surface area contributed by atoms with Crippen LogP contribution in [0.3, 0.4) is 0 Å². The van der Waals surface area contributed by atoms with Gasteiger partial charge in [0.2, 0.25) is 5.91 Å². The number of piperidine rings is 1. The molecule has 1 aromatic carbocycles. The topological polar surface area (TPSA) is 91.8 Å². The summed E-state index contributed by atoms with van der Waals surface area (Å²) in [7, 11) is -3.26. The van der Waals surface area contributed by atoms with Crippen LogP contribution in [0, 0.1) is 5.41 Å². The van der Waals surface area contributed by atoms with Gasteiger partial charge >= 0.3 is 5.97 Å². The van der Waals surface area contributed by atoms with Crippen LogP contribution in [0.25, 0.3) is 0 Å². The van der Waals surface area contributed by atoms with Gasteiger partial charge in [0, 0.05) is 19.3 Å². The van der Waals surface area contributed by atoms with E-state index in [4.69, 9.17) is 0 Å². The molecule has 1 heterocycles. The lowest BCUT2D eigenvalue weighted by molar-refractivity contribution is -0.155. The second kappa shape index (κ2) is 6.93. The molecule has 24 heavy (non-hydrogen) atoms. The molecule has 1 fully saturated rings. The third-order valence-corrected chi connectivity index (χ3v) is 5.90. The molecule has 7 heteroatoms. The van der Waals surface area contributed by atoms with Crippen LogP contribution in [-0.4, -0.2) is 49.6 Å². The minimum Gasteiger partial charge on any atom is -0.481 e. The minimum absolute atomic E-state index is 0.124. The van der Waals surface area contributed by atoms with Gasteiger partial charge in [0.15, 0.2) is 9.84 Å². The van der Waals surface area contributed by atoms with Crippen molar-refractivity contribution in [2.24, 2.45) is 5.41 Å². The highest BCUT2D eigenvalue weighted by Crippen LogP contribution is 2.33. The fourth-order valence-corrected chi connectivity index (χ4v) is 3.73. The molecule has 0 aromatic heterocycles. The number of sulfone groups is 1. The van der Waals surface area contributed by atoms with Crippen molar-refractivity contribution in [3.63, 3.8) is 0 Å². The Kier molecular flexibility index (Phi) is 5.32. The Morgan fingerprint density at radius 3 is 2.38 bits per heavy atom. The minimum atomic E-state index is -3.26. The Hall–Kier alpha value is -1.89. The van der Waals surface area contributed by atoms with Crippen LogP contribution >= 0.6 is 0 Å². The fraction of sp³-hybridized carbons (Fsp3) is 0.529. The van der Waals surface area contributed by atoms with Crippen molar-refractivity contribution in [2.45, 2.75) is 37.5 Å². The zero-order valence-electron chi connectivity index (χ0n) is 14.0. The molecule has 1 saturated heterocycles. The second-order valence-electron chi connectivity index (χ2n) is 6.45. The standard InChI is InChI=1S/C17H23NO5S/c1-3-17(16(20)21)9-4-10-18(12-17)15(19)11-13-5-7-14(8-6-13)24(2,22)23/h5-8H,3-4,9-12H2,1-2H3,(H,20,21). The molecular weight excluding hydrogens is 330 g/mol. The molecule has 132 valence electrons. The van der Waals surface area contributed by atoms with E-state index < -0.39 is 21.2 Å². The van der Waals surface area contributed by atoms with Gasteiger partial charge in [-0.25, -0.2) is 8.42 Å². The van der Waals surface area contributed by atoms with Crippen LogP contribution in [0.5, 0.6) is 0 Å². The largest absolute Gasteiger partial charge is 0.481 e. The van der Waals surface area contributed by atoms with E-state index in [1.54, 1.807) is 17.0 Å². The number of rotatable bonds is 5. The zero-order valence-corrected chi connectivity index (χ0v) is 14.8. The molecular formula is C17H23NO5S. The SMILES string of the molecule is CCC1(C(=O)O)CCCN(C(=O)Cc2ccc(S(C)(=O)=O)cc2)C1. The van der Waals surface area contributed by atoms with Crippen LogP contribution in [0.4, 0.5) is 0 Å². The molecule has 1 aromatic rings. The number of aliphatic carboxylic acids is 1. The number of likely N-dealkylation sites (tertiary alicyclic amines) is 1. The number of nitrogens with zero attached hydrogens (tertiary/aromatic N) is 1. The monoisotopic (exact) mass is 353 g/mol. The van der Waals surface area contributed by atoms with E-state index in [0.717, 1.165) is 11.8 Å². The zero-order chi connectivity index (χ0) is 18.0. The van der Waals surface area contributed by atoms with Gasteiger partial charge < -0.3 is 10.0 Å². The summed E-state index contributed by atoms with van der Waals surface area (Å²) in [6, 6.07) is 6.23. The summed E-state index contributed by atoms with van der Waals surface area (Å²) in [5.41, 5.74) is -0.135. The van der Waals surface area contributed by atoms with Gasteiger partial charge in [-0.15, -0.1) is 0 Å². The Bertz CT molecular complexity index is 726. The lowest BCUT2D eigenvalue weighted by Crippen LogP contribution is -2.50. The molecule has 1 atom stereocenters. The molecule has 0 saturated carbocycles. The lowest BCUT2D eigenvalue weighted by atomic mass is 9.77. The summed E-state index contributed by atoms with van der Waals surface area (Å²) >= 11 is 0. The first-order chi connectivity index (χ1) is 11.2. The summed E-state index contributed by atoms with van der Waals surface area (Å²) in [4.78, 5) is 25.9. The number of carbonyl (C=O) groups is 2. The van der Waals surface area contributed by atoms with E-state index in [0.29, 0.717) is 25.8 Å². The summed E-state index contributed by atoms with van der Waals surface area (Å²) in [5, 5.41) is 9.49. The van der Waals surface area contributed by atoms with Gasteiger partial charge in [-0.2, -0.15) is 0 Å². The maximum Gasteiger partial charge on any atom is 0.311 e. The Morgan fingerprint density at radius 2 is 1.88 bits per heavy atom. The normalized spacial score (nSPS) is 21.5. The van der Waals surface area contributed by atoms with Gasteiger partial charge in [-0.1, -0.05) is 19.1 Å². The van der Waals surface area contributed by atoms with Crippen molar-refractivity contribution in [2.75, 3.05) is 19.3 Å². The van der Waals surface area contributed by atoms with E-state index in [-0.39, 0.29) is 23.8 Å². The number of carboxylic acid groups (broad SMARTS) is 1. The quantitative estimate of drug-likeness (QED) is 0.870. The number of carboxylic acids is 1. The Labute approximate surface area is 142 Å². The van der Waals surface area contributed by atoms with E-state index in [1.165, 1.54) is 12.1 Å². The van der Waals surface area contributed by atoms with Crippen LogP contribution in [0.15, 0.2) is 29.2 Å². The molecule has 6 nitrogen and oxygen atoms in total. The third-order valence-electron chi connectivity index (χ3n) is 4.77. The highest BCUT2D eigenvalue weighted by molar-refractivity contribution is 7.90. The van der Waals surface area contributed by atoms with Gasteiger partial charge in [0.1, 0.15) is 0 Å². The molecule has 1 aliphatic rings. The van der Waals surface area contributed by atoms with Crippen molar-refractivity contribution in [1.29, 1.82) is 0 Å². The first-order valence-electron chi connectivity index (χ1n) is 7.98. The van der Waals surface area contributed by atoms with Crippen molar-refractivity contribution >= 4 is 21.7 Å². The molecule has 0 aliphatic carbocycles. The van der Waals surface area contributed by atoms with Crippen molar-refractivity contribution < 1.29 is 23.1 Å². The molecule has 1 aliphatic heterocycles. The summed E-state index contributed by atoms with van der Waals surface area (Å²) in [5.74, 6) is -0.971. The average molecular weight is 353 g/mol. The summed E-state index contributed by atoms with van der Waals surface area (Å²) < 4.78 is 22.9. The van der Waals surface area contributed by atoms with E-state index in [1.807, 2.05) is 6.92 Å². The van der Waals surface area contributed by atoms with E-state index in [2.05, 4.69) is 0 Å². The molecule has 1 N–H and O–H groups in total. The number of hydrogen-bond donors (Lipinski definition) is 1. The summed E-state index contributed by atoms with van der Waals surface area (Å²) in [6.07, 6.45) is 3.04. The van der Waals surface area contributed by atoms with Crippen molar-refractivity contribution in [3.8, 4) is 0 Å². The fourth-order valence-electron chi connectivity index (χ4n) is 3.10. The van der Waals surface area contributed by atoms with Crippen LogP contribution in [0.1, 0.15) is 31.7 Å². The van der Waals surface area contributed by atoms with Crippen LogP contribution < -0.4 is 0 Å². The molecule has 0 spiro atoms. The number of carbonyl (C=O) groups excluding carboxylic acids is 1. The number of hydrogen-bond acceptors (Lipinski definition) is 4. The van der Waals surface area contributed by atoms with Gasteiger partial charge in [0.05, 0.1) is 16.7 Å². The molecule has 1 amide bonds.